The second-order valence-corrected chi connectivity index (χ2v) is 14.1. The molecule has 234 valence electrons. The summed E-state index contributed by atoms with van der Waals surface area (Å²) >= 11 is 0. The highest BCUT2D eigenvalue weighted by molar-refractivity contribution is 6.71. The molecule has 0 saturated heterocycles. The van der Waals surface area contributed by atoms with Crippen molar-refractivity contribution in [2.45, 2.75) is 0 Å². The van der Waals surface area contributed by atoms with E-state index in [4.69, 9.17) is 67.2 Å². The third kappa shape index (κ3) is 4.85. The lowest BCUT2D eigenvalue weighted by Crippen LogP contribution is -2.50. The van der Waals surface area contributed by atoms with Crippen LogP contribution in [0.5, 0.6) is 0 Å². The van der Waals surface area contributed by atoms with Gasteiger partial charge in [-0.2, -0.15) is 0 Å². The minimum Gasteiger partial charge on any atom is -0.456 e. The molecular formula is C46H20B8O. The van der Waals surface area contributed by atoms with Crippen LogP contribution in [0.2, 0.25) is 0 Å². The molecule has 0 saturated carbocycles. The van der Waals surface area contributed by atoms with Crippen molar-refractivity contribution in [1.82, 2.24) is 0 Å². The first kappa shape index (κ1) is 33.9. The average Bonchev–Trinajstić information content (AvgIpc) is 3.67. The quantitative estimate of drug-likeness (QED) is 0.159. The van der Waals surface area contributed by atoms with Gasteiger partial charge in [-0.15, -0.1) is 21.9 Å². The second-order valence-electron chi connectivity index (χ2n) is 14.1. The zero-order chi connectivity index (χ0) is 37.9. The molecule has 1 nitrogen and oxygen atoms in total. The summed E-state index contributed by atoms with van der Waals surface area (Å²) in [5, 5.41) is 9.61. The van der Waals surface area contributed by atoms with E-state index in [1.54, 1.807) is 0 Å². The first-order valence-electron chi connectivity index (χ1n) is 17.8. The summed E-state index contributed by atoms with van der Waals surface area (Å²) in [6, 6.07) is 41.0. The summed E-state index contributed by atoms with van der Waals surface area (Å²) in [6.07, 6.45) is 0. The first-order chi connectivity index (χ1) is 26.6. The lowest BCUT2D eigenvalue weighted by atomic mass is 9.59. The van der Waals surface area contributed by atoms with Gasteiger partial charge in [-0.05, 0) is 94.3 Å². The molecule has 9 heteroatoms. The molecule has 0 aliphatic carbocycles. The first-order valence-corrected chi connectivity index (χ1v) is 17.8. The van der Waals surface area contributed by atoms with Crippen molar-refractivity contribution in [3.63, 3.8) is 0 Å². The Balaban J connectivity index is 1.37. The number of furan rings is 1. The van der Waals surface area contributed by atoms with Crippen LogP contribution in [0.1, 0.15) is 0 Å². The fourth-order valence-corrected chi connectivity index (χ4v) is 8.50. The molecule has 0 aliphatic rings. The normalized spacial score (nSPS) is 11.9. The van der Waals surface area contributed by atoms with Gasteiger partial charge >= 0.3 is 0 Å². The van der Waals surface area contributed by atoms with Crippen LogP contribution in [0.15, 0.2) is 126 Å². The van der Waals surface area contributed by atoms with Crippen molar-refractivity contribution in [3.8, 4) is 33.6 Å². The minimum absolute atomic E-state index is 0.160. The third-order valence-corrected chi connectivity index (χ3v) is 11.2. The molecule has 16 radical (unpaired) electrons. The Labute approximate surface area is 329 Å². The van der Waals surface area contributed by atoms with Crippen molar-refractivity contribution in [2.75, 3.05) is 0 Å². The highest BCUT2D eigenvalue weighted by atomic mass is 16.3. The molecule has 10 aromatic rings. The molecule has 55 heavy (non-hydrogen) atoms. The number of benzene rings is 9. The number of hydrogen-bond acceptors (Lipinski definition) is 1. The summed E-state index contributed by atoms with van der Waals surface area (Å²) in [5.41, 5.74) is 6.11. The van der Waals surface area contributed by atoms with Crippen molar-refractivity contribution < 1.29 is 4.42 Å². The molecule has 0 aliphatic heterocycles. The SMILES string of the molecule is [B]c1c([B])c([B])c2c(-c3cccc4oc(-c5ccc6ccc7ccccc7c6c5)cc34)c3c([B])c([B])c([B])c([B])c3c(-c3cccc4ccccc34)c2c1[B]. The van der Waals surface area contributed by atoms with Gasteiger partial charge in [-0.25, -0.2) is 0 Å². The smallest absolute Gasteiger partial charge is 0.135 e. The molecule has 0 atom stereocenters. The van der Waals surface area contributed by atoms with E-state index < -0.39 is 0 Å². The van der Waals surface area contributed by atoms with Crippen LogP contribution in [0, 0.1) is 0 Å². The Hall–Kier alpha value is -5.66. The summed E-state index contributed by atoms with van der Waals surface area (Å²) in [4.78, 5) is 0. The number of rotatable bonds is 3. The maximum Gasteiger partial charge on any atom is 0.135 e. The highest BCUT2D eigenvalue weighted by Gasteiger charge is 2.26. The van der Waals surface area contributed by atoms with E-state index in [1.165, 1.54) is 5.39 Å². The predicted molar refractivity (Wildman–Crippen MR) is 243 cm³/mol. The van der Waals surface area contributed by atoms with E-state index in [-0.39, 0.29) is 43.7 Å². The van der Waals surface area contributed by atoms with Gasteiger partial charge in [-0.3, -0.25) is 0 Å². The lowest BCUT2D eigenvalue weighted by molar-refractivity contribution is 0.632. The van der Waals surface area contributed by atoms with E-state index in [9.17, 15) is 0 Å². The Morgan fingerprint density at radius 2 is 0.764 bits per heavy atom. The lowest BCUT2D eigenvalue weighted by Gasteiger charge is -2.29. The molecule has 0 N–H and O–H groups in total. The van der Waals surface area contributed by atoms with Crippen LogP contribution < -0.4 is 43.7 Å². The molecular weight excluding hydrogens is 655 g/mol. The van der Waals surface area contributed by atoms with Crippen molar-refractivity contribution >= 4 is 171 Å². The van der Waals surface area contributed by atoms with Gasteiger partial charge in [0.2, 0.25) is 0 Å². The van der Waals surface area contributed by atoms with Crippen LogP contribution in [0.25, 0.3) is 98.4 Å². The highest BCUT2D eigenvalue weighted by Crippen LogP contribution is 2.45. The van der Waals surface area contributed by atoms with Crippen molar-refractivity contribution in [1.29, 1.82) is 0 Å². The molecule has 0 unspecified atom stereocenters. The van der Waals surface area contributed by atoms with E-state index in [0.29, 0.717) is 44.0 Å². The average molecular weight is 675 g/mol. The van der Waals surface area contributed by atoms with Crippen molar-refractivity contribution in [2.24, 2.45) is 0 Å². The van der Waals surface area contributed by atoms with Gasteiger partial charge < -0.3 is 4.42 Å². The Kier molecular flexibility index (Phi) is 7.66. The Bertz CT molecular complexity index is 3220. The zero-order valence-corrected chi connectivity index (χ0v) is 29.6. The van der Waals surface area contributed by atoms with Gasteiger partial charge in [0.25, 0.3) is 0 Å². The van der Waals surface area contributed by atoms with E-state index >= 15 is 0 Å². The summed E-state index contributed by atoms with van der Waals surface area (Å²) in [6.45, 7) is 0. The Morgan fingerprint density at radius 1 is 0.327 bits per heavy atom. The zero-order valence-electron chi connectivity index (χ0n) is 29.6. The minimum atomic E-state index is 0.160. The maximum atomic E-state index is 7.06. The van der Waals surface area contributed by atoms with E-state index in [0.717, 1.165) is 49.0 Å². The van der Waals surface area contributed by atoms with Gasteiger partial charge in [0.15, 0.2) is 0 Å². The summed E-state index contributed by atoms with van der Waals surface area (Å²) in [7, 11) is 54.8. The van der Waals surface area contributed by atoms with E-state index in [1.807, 2.05) is 72.8 Å². The molecule has 0 amide bonds. The summed E-state index contributed by atoms with van der Waals surface area (Å²) < 4.78 is 6.63. The van der Waals surface area contributed by atoms with Gasteiger partial charge in [0.05, 0.1) is 0 Å². The fourth-order valence-electron chi connectivity index (χ4n) is 8.50. The largest absolute Gasteiger partial charge is 0.456 e. The van der Waals surface area contributed by atoms with E-state index in [2.05, 4.69) is 48.5 Å². The molecule has 0 bridgehead atoms. The topological polar surface area (TPSA) is 13.1 Å². The van der Waals surface area contributed by atoms with Gasteiger partial charge in [-0.1, -0.05) is 125 Å². The molecule has 10 rings (SSSR count). The Morgan fingerprint density at radius 3 is 1.35 bits per heavy atom. The molecule has 9 aromatic carbocycles. The van der Waals surface area contributed by atoms with Crippen LogP contribution >= 0.6 is 0 Å². The molecule has 0 fully saturated rings. The monoisotopic (exact) mass is 676 g/mol. The molecule has 1 aromatic heterocycles. The molecule has 1 heterocycles. The van der Waals surface area contributed by atoms with Gasteiger partial charge in [0.1, 0.15) is 74.1 Å². The van der Waals surface area contributed by atoms with Crippen LogP contribution in [0.4, 0.5) is 0 Å². The molecule has 0 spiro atoms. The standard InChI is InChI=1S/C46H20B8O/c47-39-35-33(27-12-5-9-21-7-1-3-10-25(21)27)36-38(42(50)46(54)44(52)40(36)48)34(37(35)41(49)45(53)43(39)51)28-13-6-14-31-30(28)20-32(55-31)24-18-17-23-16-15-22-8-2-4-11-26(22)29(23)19-24/h1-20H. The fraction of sp³-hybridized carbons (Fsp3) is 0. The third-order valence-electron chi connectivity index (χ3n) is 11.2. The van der Waals surface area contributed by atoms with Crippen LogP contribution in [-0.4, -0.2) is 62.8 Å². The maximum absolute atomic E-state index is 7.06. The predicted octanol–water partition coefficient (Wildman–Crippen LogP) is 3.55. The number of fused-ring (bicyclic) bond motifs is 7. The number of hydrogen-bond donors (Lipinski definition) is 0. The second kappa shape index (κ2) is 12.4. The van der Waals surface area contributed by atoms with Crippen LogP contribution in [0.3, 0.4) is 0 Å². The summed E-state index contributed by atoms with van der Waals surface area (Å²) in [5.74, 6) is 0.686. The van der Waals surface area contributed by atoms with Crippen LogP contribution in [-0.2, 0) is 0 Å². The van der Waals surface area contributed by atoms with Crippen molar-refractivity contribution in [3.05, 3.63) is 121 Å². The van der Waals surface area contributed by atoms with Gasteiger partial charge in [0, 0.05) is 10.9 Å².